The van der Waals surface area contributed by atoms with Gasteiger partial charge in [0.15, 0.2) is 17.5 Å². The maximum atomic E-state index is 12.0. The third kappa shape index (κ3) is 6.40. The van der Waals surface area contributed by atoms with Crippen LogP contribution in [0, 0.1) is 0 Å². The number of carbonyl (C=O) groups is 1. The number of hydrogen-bond acceptors (Lipinski definition) is 6. The van der Waals surface area contributed by atoms with E-state index in [0.717, 1.165) is 63.6 Å². The van der Waals surface area contributed by atoms with Crippen molar-refractivity contribution >= 4 is 11.9 Å². The van der Waals surface area contributed by atoms with E-state index in [0.29, 0.717) is 23.3 Å². The van der Waals surface area contributed by atoms with E-state index in [-0.39, 0.29) is 12.5 Å². The molecule has 9 heteroatoms. The van der Waals surface area contributed by atoms with E-state index in [1.807, 2.05) is 19.1 Å². The number of rotatable bonds is 9. The highest BCUT2D eigenvalue weighted by Crippen LogP contribution is 2.38. The molecule has 172 valence electrons. The second kappa shape index (κ2) is 11.1. The topological polar surface area (TPSA) is 87.7 Å². The van der Waals surface area contributed by atoms with Gasteiger partial charge in [-0.1, -0.05) is 0 Å². The molecule has 1 saturated carbocycles. The van der Waals surface area contributed by atoms with Crippen molar-refractivity contribution in [2.75, 3.05) is 60.6 Å². The van der Waals surface area contributed by atoms with E-state index in [4.69, 9.17) is 14.2 Å². The van der Waals surface area contributed by atoms with Crippen LogP contribution in [0.15, 0.2) is 17.1 Å². The van der Waals surface area contributed by atoms with E-state index in [1.54, 1.807) is 21.3 Å². The lowest BCUT2D eigenvalue weighted by atomic mass is 10.1. The standard InChI is InChI=1S/C22H35N5O4/c1-5-23-22(24-14-20(28)25-17-6-7-17)27-10-8-26(9-11-27)15-16-12-18(29-2)21(31-4)19(13-16)30-3/h12-13,17H,5-11,14-15H2,1-4H3,(H,23,24)(H,25,28). The average molecular weight is 434 g/mol. The first-order valence-electron chi connectivity index (χ1n) is 10.9. The summed E-state index contributed by atoms with van der Waals surface area (Å²) in [6, 6.07) is 4.36. The van der Waals surface area contributed by atoms with Gasteiger partial charge < -0.3 is 29.7 Å². The molecule has 0 spiro atoms. The molecule has 3 rings (SSSR count). The lowest BCUT2D eigenvalue weighted by Gasteiger charge is -2.36. The number of guanidine groups is 1. The Morgan fingerprint density at radius 1 is 1.06 bits per heavy atom. The molecule has 1 amide bonds. The van der Waals surface area contributed by atoms with Crippen LogP contribution in [0.25, 0.3) is 0 Å². The van der Waals surface area contributed by atoms with Crippen molar-refractivity contribution in [3.05, 3.63) is 17.7 Å². The summed E-state index contributed by atoms with van der Waals surface area (Å²) < 4.78 is 16.4. The molecular formula is C22H35N5O4. The summed E-state index contributed by atoms with van der Waals surface area (Å²) >= 11 is 0. The van der Waals surface area contributed by atoms with Gasteiger partial charge in [-0.15, -0.1) is 0 Å². The number of nitrogens with zero attached hydrogens (tertiary/aromatic N) is 3. The van der Waals surface area contributed by atoms with Gasteiger partial charge >= 0.3 is 0 Å². The molecule has 2 N–H and O–H groups in total. The lowest BCUT2D eigenvalue weighted by molar-refractivity contribution is -0.119. The molecule has 1 aromatic carbocycles. The first kappa shape index (κ1) is 23.0. The SMILES string of the molecule is CCNC(=NCC(=O)NC1CC1)N1CCN(Cc2cc(OC)c(OC)c(OC)c2)CC1. The highest BCUT2D eigenvalue weighted by Gasteiger charge is 2.24. The van der Waals surface area contributed by atoms with Crippen LogP contribution in [0.4, 0.5) is 0 Å². The summed E-state index contributed by atoms with van der Waals surface area (Å²) in [4.78, 5) is 21.1. The molecule has 0 atom stereocenters. The zero-order valence-corrected chi connectivity index (χ0v) is 19.1. The van der Waals surface area contributed by atoms with Crippen molar-refractivity contribution in [3.8, 4) is 17.2 Å². The normalized spacial score (nSPS) is 17.3. The minimum atomic E-state index is -0.000982. The summed E-state index contributed by atoms with van der Waals surface area (Å²) in [5.41, 5.74) is 1.11. The fourth-order valence-electron chi connectivity index (χ4n) is 3.68. The average Bonchev–Trinajstić information content (AvgIpc) is 3.60. The van der Waals surface area contributed by atoms with Crippen LogP contribution in [0.5, 0.6) is 17.2 Å². The van der Waals surface area contributed by atoms with Crippen LogP contribution >= 0.6 is 0 Å². The van der Waals surface area contributed by atoms with Crippen LogP contribution in [0.3, 0.4) is 0 Å². The van der Waals surface area contributed by atoms with Crippen molar-refractivity contribution < 1.29 is 19.0 Å². The number of nitrogens with one attached hydrogen (secondary N) is 2. The van der Waals surface area contributed by atoms with Gasteiger partial charge in [-0.05, 0) is 37.5 Å². The lowest BCUT2D eigenvalue weighted by Crippen LogP contribution is -2.52. The predicted molar refractivity (Wildman–Crippen MR) is 120 cm³/mol. The Bertz CT molecular complexity index is 748. The molecule has 1 heterocycles. The fraction of sp³-hybridized carbons (Fsp3) is 0.636. The Hall–Kier alpha value is -2.68. The Balaban J connectivity index is 1.57. The minimum Gasteiger partial charge on any atom is -0.493 e. The molecule has 1 aliphatic carbocycles. The number of amides is 1. The Kier molecular flexibility index (Phi) is 8.22. The van der Waals surface area contributed by atoms with Crippen LogP contribution in [0.2, 0.25) is 0 Å². The summed E-state index contributed by atoms with van der Waals surface area (Å²) in [7, 11) is 4.87. The number of ether oxygens (including phenoxy) is 3. The Morgan fingerprint density at radius 3 is 2.23 bits per heavy atom. The summed E-state index contributed by atoms with van der Waals surface area (Å²) in [6.45, 7) is 7.27. The maximum absolute atomic E-state index is 12.0. The highest BCUT2D eigenvalue weighted by molar-refractivity contribution is 5.85. The van der Waals surface area contributed by atoms with Crippen LogP contribution in [0.1, 0.15) is 25.3 Å². The second-order valence-electron chi connectivity index (χ2n) is 7.81. The number of benzene rings is 1. The molecule has 1 aliphatic heterocycles. The number of aliphatic imine (C=N–C) groups is 1. The van der Waals surface area contributed by atoms with Crippen molar-refractivity contribution in [1.29, 1.82) is 0 Å². The zero-order valence-electron chi connectivity index (χ0n) is 19.1. The van der Waals surface area contributed by atoms with E-state index < -0.39 is 0 Å². The summed E-state index contributed by atoms with van der Waals surface area (Å²) in [5, 5.41) is 6.30. The van der Waals surface area contributed by atoms with Crippen molar-refractivity contribution in [3.63, 3.8) is 0 Å². The van der Waals surface area contributed by atoms with E-state index in [2.05, 4.69) is 25.4 Å². The first-order chi connectivity index (χ1) is 15.1. The third-order valence-corrected chi connectivity index (χ3v) is 5.45. The van der Waals surface area contributed by atoms with Crippen LogP contribution in [-0.2, 0) is 11.3 Å². The van der Waals surface area contributed by atoms with E-state index in [1.165, 1.54) is 0 Å². The van der Waals surface area contributed by atoms with Crippen molar-refractivity contribution in [2.24, 2.45) is 4.99 Å². The smallest absolute Gasteiger partial charge is 0.242 e. The van der Waals surface area contributed by atoms with Gasteiger partial charge in [0.1, 0.15) is 6.54 Å². The molecule has 1 aromatic rings. The number of carbonyl (C=O) groups excluding carboxylic acids is 1. The Morgan fingerprint density at radius 2 is 1.71 bits per heavy atom. The largest absolute Gasteiger partial charge is 0.493 e. The first-order valence-corrected chi connectivity index (χ1v) is 10.9. The van der Waals surface area contributed by atoms with Gasteiger partial charge in [0, 0.05) is 45.3 Å². The number of piperazine rings is 1. The van der Waals surface area contributed by atoms with E-state index in [9.17, 15) is 4.79 Å². The van der Waals surface area contributed by atoms with Crippen LogP contribution in [-0.4, -0.2) is 88.3 Å². The van der Waals surface area contributed by atoms with Crippen LogP contribution < -0.4 is 24.8 Å². The van der Waals surface area contributed by atoms with Gasteiger partial charge in [0.2, 0.25) is 11.7 Å². The Labute approximate surface area is 184 Å². The fourth-order valence-corrected chi connectivity index (χ4v) is 3.68. The van der Waals surface area contributed by atoms with E-state index >= 15 is 0 Å². The molecule has 9 nitrogen and oxygen atoms in total. The molecule has 0 bridgehead atoms. The van der Waals surface area contributed by atoms with Gasteiger partial charge in [-0.25, -0.2) is 4.99 Å². The van der Waals surface area contributed by atoms with Gasteiger partial charge in [0.05, 0.1) is 21.3 Å². The molecular weight excluding hydrogens is 398 g/mol. The van der Waals surface area contributed by atoms with Crippen molar-refractivity contribution in [1.82, 2.24) is 20.4 Å². The molecule has 31 heavy (non-hydrogen) atoms. The second-order valence-corrected chi connectivity index (χ2v) is 7.81. The van der Waals surface area contributed by atoms with Crippen molar-refractivity contribution in [2.45, 2.75) is 32.4 Å². The number of hydrogen-bond donors (Lipinski definition) is 2. The molecule has 2 fully saturated rings. The third-order valence-electron chi connectivity index (χ3n) is 5.45. The quantitative estimate of drug-likeness (QED) is 0.445. The van der Waals surface area contributed by atoms with Gasteiger partial charge in [-0.3, -0.25) is 9.69 Å². The highest BCUT2D eigenvalue weighted by atomic mass is 16.5. The molecule has 0 aromatic heterocycles. The molecule has 0 unspecified atom stereocenters. The molecule has 0 radical (unpaired) electrons. The minimum absolute atomic E-state index is 0.000982. The summed E-state index contributed by atoms with van der Waals surface area (Å²) in [5.74, 6) is 2.75. The predicted octanol–water partition coefficient (Wildman–Crippen LogP) is 1.07. The van der Waals surface area contributed by atoms with Gasteiger partial charge in [0.25, 0.3) is 0 Å². The monoisotopic (exact) mass is 433 g/mol. The zero-order chi connectivity index (χ0) is 22.2. The van der Waals surface area contributed by atoms with Gasteiger partial charge in [-0.2, -0.15) is 0 Å². The number of methoxy groups -OCH3 is 3. The summed E-state index contributed by atoms with van der Waals surface area (Å²) in [6.07, 6.45) is 2.17. The molecule has 1 saturated heterocycles. The maximum Gasteiger partial charge on any atom is 0.242 e. The molecule has 2 aliphatic rings.